The smallest absolute Gasteiger partial charge is 0.236 e. The first-order chi connectivity index (χ1) is 16.9. The van der Waals surface area contributed by atoms with Gasteiger partial charge in [-0.3, -0.25) is 4.90 Å². The molecule has 4 aromatic rings. The Hall–Kier alpha value is -2.65. The molecular formula is C26H23BrClN3O3S. The largest absolute Gasteiger partial charge is 0.419 e. The predicted octanol–water partition coefficient (Wildman–Crippen LogP) is 5.91. The van der Waals surface area contributed by atoms with Gasteiger partial charge in [0.05, 0.1) is 15.5 Å². The molecule has 1 aromatic heterocycles. The molecule has 5 rings (SSSR count). The molecule has 35 heavy (non-hydrogen) atoms. The van der Waals surface area contributed by atoms with Crippen molar-refractivity contribution in [3.8, 4) is 11.5 Å². The van der Waals surface area contributed by atoms with Crippen LogP contribution in [0, 0.1) is 0 Å². The number of rotatable bonds is 6. The van der Waals surface area contributed by atoms with Gasteiger partial charge in [-0.2, -0.15) is 4.98 Å². The minimum Gasteiger partial charge on any atom is -0.419 e. The van der Waals surface area contributed by atoms with Crippen LogP contribution in [0.15, 0.2) is 97.7 Å². The Labute approximate surface area is 218 Å². The van der Waals surface area contributed by atoms with Gasteiger partial charge in [-0.05, 0) is 42.0 Å². The van der Waals surface area contributed by atoms with Gasteiger partial charge in [0.2, 0.25) is 26.6 Å². The number of aromatic nitrogens is 1. The normalized spacial score (nSPS) is 14.9. The molecule has 0 N–H and O–H groups in total. The summed E-state index contributed by atoms with van der Waals surface area (Å²) in [5.74, 6) is 0.440. The minimum atomic E-state index is -3.92. The Balaban J connectivity index is 1.48. The highest BCUT2D eigenvalue weighted by molar-refractivity contribution is 9.10. The molecule has 1 aliphatic rings. The topological polar surface area (TPSA) is 66.7 Å². The van der Waals surface area contributed by atoms with Gasteiger partial charge in [-0.25, -0.2) is 8.42 Å². The lowest BCUT2D eigenvalue weighted by atomic mass is 10.2. The molecule has 0 saturated carbocycles. The van der Waals surface area contributed by atoms with Crippen LogP contribution in [-0.4, -0.2) is 44.5 Å². The van der Waals surface area contributed by atoms with Crippen molar-refractivity contribution in [3.05, 3.63) is 93.9 Å². The molecule has 180 valence electrons. The highest BCUT2D eigenvalue weighted by atomic mass is 79.9. The summed E-state index contributed by atoms with van der Waals surface area (Å²) in [5.41, 5.74) is 1.80. The SMILES string of the molecule is O=S(=O)(c1ccc(Br)cc1)c1nc(-c2ccccc2Cl)oc1N1CCN(Cc2ccccc2)CC1. The van der Waals surface area contributed by atoms with Gasteiger partial charge >= 0.3 is 0 Å². The van der Waals surface area contributed by atoms with Gasteiger partial charge in [-0.15, -0.1) is 0 Å². The van der Waals surface area contributed by atoms with Crippen LogP contribution < -0.4 is 4.90 Å². The average Bonchev–Trinajstić information content (AvgIpc) is 3.32. The fraction of sp³-hybridized carbons (Fsp3) is 0.192. The molecule has 9 heteroatoms. The van der Waals surface area contributed by atoms with E-state index in [1.807, 2.05) is 29.2 Å². The van der Waals surface area contributed by atoms with Crippen molar-refractivity contribution >= 4 is 43.3 Å². The molecule has 1 saturated heterocycles. The van der Waals surface area contributed by atoms with Crippen LogP contribution >= 0.6 is 27.5 Å². The fourth-order valence-electron chi connectivity index (χ4n) is 4.10. The maximum absolute atomic E-state index is 13.6. The van der Waals surface area contributed by atoms with Crippen LogP contribution in [-0.2, 0) is 16.4 Å². The van der Waals surface area contributed by atoms with Gasteiger partial charge in [0.15, 0.2) is 0 Å². The van der Waals surface area contributed by atoms with E-state index in [1.54, 1.807) is 42.5 Å². The number of nitrogens with zero attached hydrogens (tertiary/aromatic N) is 3. The first kappa shape index (κ1) is 24.1. The predicted molar refractivity (Wildman–Crippen MR) is 140 cm³/mol. The van der Waals surface area contributed by atoms with Crippen LogP contribution in [0.5, 0.6) is 0 Å². The van der Waals surface area contributed by atoms with Gasteiger partial charge in [0, 0.05) is 37.2 Å². The van der Waals surface area contributed by atoms with Crippen molar-refractivity contribution in [3.63, 3.8) is 0 Å². The van der Waals surface area contributed by atoms with E-state index in [9.17, 15) is 8.42 Å². The van der Waals surface area contributed by atoms with Gasteiger partial charge in [0.25, 0.3) is 0 Å². The Morgan fingerprint density at radius 2 is 1.54 bits per heavy atom. The van der Waals surface area contributed by atoms with Gasteiger partial charge < -0.3 is 9.32 Å². The maximum atomic E-state index is 13.6. The number of oxazole rings is 1. The number of anilines is 1. The van der Waals surface area contributed by atoms with E-state index >= 15 is 0 Å². The van der Waals surface area contributed by atoms with Crippen LogP contribution in [0.25, 0.3) is 11.5 Å². The van der Waals surface area contributed by atoms with E-state index in [1.165, 1.54) is 5.56 Å². The molecule has 0 aliphatic carbocycles. The van der Waals surface area contributed by atoms with Crippen LogP contribution in [0.1, 0.15) is 5.56 Å². The summed E-state index contributed by atoms with van der Waals surface area (Å²) in [6.45, 7) is 3.63. The Bertz CT molecular complexity index is 1420. The summed E-state index contributed by atoms with van der Waals surface area (Å²) in [4.78, 5) is 8.93. The highest BCUT2D eigenvalue weighted by Crippen LogP contribution is 2.37. The Morgan fingerprint density at radius 3 is 2.23 bits per heavy atom. The van der Waals surface area contributed by atoms with Gasteiger partial charge in [-0.1, -0.05) is 70.0 Å². The Kier molecular flexibility index (Phi) is 6.98. The summed E-state index contributed by atoms with van der Waals surface area (Å²) in [7, 11) is -3.92. The number of hydrogen-bond donors (Lipinski definition) is 0. The lowest BCUT2D eigenvalue weighted by Gasteiger charge is -2.34. The average molecular weight is 573 g/mol. The lowest BCUT2D eigenvalue weighted by molar-refractivity contribution is 0.245. The number of piperazine rings is 1. The summed E-state index contributed by atoms with van der Waals surface area (Å²) in [5, 5.41) is 0.354. The molecule has 2 heterocycles. The van der Waals surface area contributed by atoms with Gasteiger partial charge in [0.1, 0.15) is 0 Å². The Morgan fingerprint density at radius 1 is 0.886 bits per heavy atom. The van der Waals surface area contributed by atoms with E-state index in [-0.39, 0.29) is 21.7 Å². The van der Waals surface area contributed by atoms with Crippen molar-refractivity contribution < 1.29 is 12.8 Å². The van der Waals surface area contributed by atoms with E-state index in [4.69, 9.17) is 16.0 Å². The number of sulfone groups is 1. The zero-order valence-corrected chi connectivity index (χ0v) is 21.9. The second-order valence-corrected chi connectivity index (χ2v) is 11.5. The molecule has 6 nitrogen and oxygen atoms in total. The summed E-state index contributed by atoms with van der Waals surface area (Å²) >= 11 is 9.74. The van der Waals surface area contributed by atoms with E-state index in [0.29, 0.717) is 23.7 Å². The minimum absolute atomic E-state index is 0.0914. The molecule has 0 spiro atoms. The molecule has 0 atom stereocenters. The number of hydrogen-bond acceptors (Lipinski definition) is 6. The van der Waals surface area contributed by atoms with Crippen molar-refractivity contribution in [2.24, 2.45) is 0 Å². The number of halogens is 2. The molecule has 0 bridgehead atoms. The molecule has 3 aromatic carbocycles. The molecule has 0 amide bonds. The molecule has 0 radical (unpaired) electrons. The first-order valence-corrected chi connectivity index (χ1v) is 13.8. The first-order valence-electron chi connectivity index (χ1n) is 11.2. The zero-order chi connectivity index (χ0) is 24.4. The summed E-state index contributed by atoms with van der Waals surface area (Å²) in [6, 6.07) is 23.9. The summed E-state index contributed by atoms with van der Waals surface area (Å²) < 4.78 is 34.2. The van der Waals surface area contributed by atoms with E-state index in [0.717, 1.165) is 24.1 Å². The third kappa shape index (κ3) is 5.16. The van der Waals surface area contributed by atoms with E-state index in [2.05, 4.69) is 37.9 Å². The second kappa shape index (κ2) is 10.1. The molecule has 1 aliphatic heterocycles. The fourth-order valence-corrected chi connectivity index (χ4v) is 5.90. The standard InChI is InChI=1S/C26H23BrClN3O3S/c27-20-10-12-21(13-11-20)35(32,33)25-26(34-24(29-25)22-8-4-5-9-23(22)28)31-16-14-30(15-17-31)18-19-6-2-1-3-7-19/h1-13H,14-18H2. The second-order valence-electron chi connectivity index (χ2n) is 8.32. The van der Waals surface area contributed by atoms with Crippen LogP contribution in [0.3, 0.4) is 0 Å². The van der Waals surface area contributed by atoms with Crippen molar-refractivity contribution in [1.82, 2.24) is 9.88 Å². The van der Waals surface area contributed by atoms with Crippen molar-refractivity contribution in [2.75, 3.05) is 31.1 Å². The highest BCUT2D eigenvalue weighted by Gasteiger charge is 2.33. The number of benzene rings is 3. The molecule has 1 fully saturated rings. The van der Waals surface area contributed by atoms with Crippen molar-refractivity contribution in [1.29, 1.82) is 0 Å². The van der Waals surface area contributed by atoms with Crippen LogP contribution in [0.4, 0.5) is 5.88 Å². The maximum Gasteiger partial charge on any atom is 0.236 e. The van der Waals surface area contributed by atoms with Crippen LogP contribution in [0.2, 0.25) is 5.02 Å². The zero-order valence-electron chi connectivity index (χ0n) is 18.8. The third-order valence-electron chi connectivity index (χ3n) is 5.97. The molecule has 0 unspecified atom stereocenters. The molecular weight excluding hydrogens is 550 g/mol. The van der Waals surface area contributed by atoms with E-state index < -0.39 is 9.84 Å². The monoisotopic (exact) mass is 571 g/mol. The summed E-state index contributed by atoms with van der Waals surface area (Å²) in [6.07, 6.45) is 0. The lowest BCUT2D eigenvalue weighted by Crippen LogP contribution is -2.46. The quantitative estimate of drug-likeness (QED) is 0.286. The van der Waals surface area contributed by atoms with Crippen molar-refractivity contribution in [2.45, 2.75) is 16.5 Å². The third-order valence-corrected chi connectivity index (χ3v) is 8.50.